The molecule has 0 unspecified atom stereocenters. The van der Waals surface area contributed by atoms with Gasteiger partial charge in [-0.25, -0.2) is 0 Å². The SMILES string of the molecule is N#Cc1cc(CC(=O)O)cc(SC(F)(F)F)c1CCl. The second-order valence-electron chi connectivity index (χ2n) is 3.48. The monoisotopic (exact) mass is 309 g/mol. The molecule has 0 radical (unpaired) electrons. The Labute approximate surface area is 116 Å². The normalized spacial score (nSPS) is 11.1. The summed E-state index contributed by atoms with van der Waals surface area (Å²) in [5, 5.41) is 17.5. The van der Waals surface area contributed by atoms with Crippen molar-refractivity contribution in [3.05, 3.63) is 28.8 Å². The van der Waals surface area contributed by atoms with Crippen molar-refractivity contribution in [2.45, 2.75) is 22.7 Å². The maximum Gasteiger partial charge on any atom is 0.446 e. The molecule has 0 atom stereocenters. The van der Waals surface area contributed by atoms with Crippen LogP contribution in [0.5, 0.6) is 0 Å². The first-order valence-corrected chi connectivity index (χ1v) is 6.21. The zero-order valence-corrected chi connectivity index (χ0v) is 10.9. The molecule has 0 saturated carbocycles. The van der Waals surface area contributed by atoms with Crippen molar-refractivity contribution in [3.8, 4) is 6.07 Å². The molecule has 1 aromatic carbocycles. The number of benzene rings is 1. The molecule has 0 aliphatic rings. The maximum atomic E-state index is 12.4. The van der Waals surface area contributed by atoms with Crippen molar-refractivity contribution >= 4 is 29.3 Å². The lowest BCUT2D eigenvalue weighted by molar-refractivity contribution is -0.136. The van der Waals surface area contributed by atoms with Gasteiger partial charge in [0.25, 0.3) is 0 Å². The minimum absolute atomic E-state index is 0.0412. The van der Waals surface area contributed by atoms with Gasteiger partial charge < -0.3 is 5.11 Å². The number of aliphatic carboxylic acids is 1. The summed E-state index contributed by atoms with van der Waals surface area (Å²) in [4.78, 5) is 10.3. The summed E-state index contributed by atoms with van der Waals surface area (Å²) in [6.07, 6.45) is -0.456. The smallest absolute Gasteiger partial charge is 0.446 e. The van der Waals surface area contributed by atoms with Crippen LogP contribution in [0.3, 0.4) is 0 Å². The van der Waals surface area contributed by atoms with Gasteiger partial charge in [-0.1, -0.05) is 0 Å². The summed E-state index contributed by atoms with van der Waals surface area (Å²) in [5.41, 5.74) is -4.39. The third-order valence-corrected chi connectivity index (χ3v) is 3.19. The number of thioether (sulfide) groups is 1. The van der Waals surface area contributed by atoms with E-state index in [1.54, 1.807) is 6.07 Å². The number of halogens is 4. The van der Waals surface area contributed by atoms with Gasteiger partial charge in [0, 0.05) is 10.8 Å². The van der Waals surface area contributed by atoms with Gasteiger partial charge in [0.2, 0.25) is 0 Å². The molecule has 8 heteroatoms. The van der Waals surface area contributed by atoms with E-state index in [4.69, 9.17) is 22.0 Å². The molecule has 102 valence electrons. The molecule has 0 aliphatic heterocycles. The molecule has 19 heavy (non-hydrogen) atoms. The Morgan fingerprint density at radius 1 is 1.47 bits per heavy atom. The van der Waals surface area contributed by atoms with E-state index in [1.807, 2.05) is 0 Å². The molecule has 0 bridgehead atoms. The van der Waals surface area contributed by atoms with Gasteiger partial charge in [-0.3, -0.25) is 4.79 Å². The number of alkyl halides is 4. The maximum absolute atomic E-state index is 12.4. The number of nitriles is 1. The molecule has 0 aromatic heterocycles. The van der Waals surface area contributed by atoms with Crippen LogP contribution in [-0.4, -0.2) is 16.6 Å². The first kappa shape index (κ1) is 15.7. The molecule has 3 nitrogen and oxygen atoms in total. The Morgan fingerprint density at radius 3 is 2.53 bits per heavy atom. The van der Waals surface area contributed by atoms with Crippen LogP contribution in [0.1, 0.15) is 16.7 Å². The molecule has 0 fully saturated rings. The van der Waals surface area contributed by atoms with Gasteiger partial charge in [-0.2, -0.15) is 18.4 Å². The minimum atomic E-state index is -4.53. The Bertz CT molecular complexity index is 540. The van der Waals surface area contributed by atoms with E-state index in [9.17, 15) is 18.0 Å². The molecule has 0 amide bonds. The Kier molecular flexibility index (Phi) is 5.09. The summed E-state index contributed by atoms with van der Waals surface area (Å²) < 4.78 is 37.2. The Balaban J connectivity index is 3.32. The van der Waals surface area contributed by atoms with Crippen LogP contribution < -0.4 is 0 Å². The fraction of sp³-hybridized carbons (Fsp3) is 0.273. The van der Waals surface area contributed by atoms with Crippen LogP contribution in [0, 0.1) is 11.3 Å². The van der Waals surface area contributed by atoms with E-state index in [1.165, 1.54) is 6.07 Å². The highest BCUT2D eigenvalue weighted by molar-refractivity contribution is 8.00. The van der Waals surface area contributed by atoms with Crippen LogP contribution in [0.2, 0.25) is 0 Å². The lowest BCUT2D eigenvalue weighted by Crippen LogP contribution is -2.05. The topological polar surface area (TPSA) is 61.1 Å². The third kappa shape index (κ3) is 4.65. The second-order valence-corrected chi connectivity index (χ2v) is 4.86. The summed E-state index contributed by atoms with van der Waals surface area (Å²) in [7, 11) is 0. The average Bonchev–Trinajstić information content (AvgIpc) is 2.25. The summed E-state index contributed by atoms with van der Waals surface area (Å²) in [5.74, 6) is -1.44. The number of nitrogens with zero attached hydrogens (tertiary/aromatic N) is 1. The van der Waals surface area contributed by atoms with Gasteiger partial charge in [0.05, 0.1) is 18.1 Å². The molecular weight excluding hydrogens is 303 g/mol. The fourth-order valence-corrected chi connectivity index (χ4v) is 2.56. The van der Waals surface area contributed by atoms with Crippen molar-refractivity contribution in [2.75, 3.05) is 0 Å². The molecule has 1 N–H and O–H groups in total. The van der Waals surface area contributed by atoms with Gasteiger partial charge in [0.1, 0.15) is 0 Å². The molecular formula is C11H7ClF3NO2S. The van der Waals surface area contributed by atoms with E-state index < -0.39 is 29.7 Å². The van der Waals surface area contributed by atoms with Crippen molar-refractivity contribution in [1.29, 1.82) is 5.26 Å². The predicted octanol–water partition coefficient (Wildman–Crippen LogP) is 3.54. The Morgan fingerprint density at radius 2 is 2.11 bits per heavy atom. The summed E-state index contributed by atoms with van der Waals surface area (Å²) in [6, 6.07) is 4.07. The summed E-state index contributed by atoms with van der Waals surface area (Å²) in [6.45, 7) is 0. The van der Waals surface area contributed by atoms with Crippen LogP contribution in [0.4, 0.5) is 13.2 Å². The average molecular weight is 310 g/mol. The lowest BCUT2D eigenvalue weighted by Gasteiger charge is -2.12. The standard InChI is InChI=1S/C11H7ClF3NO2S/c12-4-8-7(5-16)1-6(3-10(17)18)2-9(8)19-11(13,14)15/h1-2H,3-4H2,(H,17,18). The predicted molar refractivity (Wildman–Crippen MR) is 64.0 cm³/mol. The minimum Gasteiger partial charge on any atom is -0.481 e. The van der Waals surface area contributed by atoms with E-state index in [2.05, 4.69) is 0 Å². The third-order valence-electron chi connectivity index (χ3n) is 2.10. The van der Waals surface area contributed by atoms with Gasteiger partial charge in [0.15, 0.2) is 0 Å². The molecule has 0 spiro atoms. The number of hydrogen-bond donors (Lipinski definition) is 1. The summed E-state index contributed by atoms with van der Waals surface area (Å²) >= 11 is 5.15. The Hall–Kier alpha value is -1.39. The lowest BCUT2D eigenvalue weighted by atomic mass is 10.0. The molecule has 0 saturated heterocycles. The first-order valence-electron chi connectivity index (χ1n) is 4.86. The van der Waals surface area contributed by atoms with Gasteiger partial charge >= 0.3 is 11.5 Å². The van der Waals surface area contributed by atoms with Crippen molar-refractivity contribution in [1.82, 2.24) is 0 Å². The van der Waals surface area contributed by atoms with Crippen LogP contribution in [-0.2, 0) is 17.1 Å². The van der Waals surface area contributed by atoms with Gasteiger partial charge in [-0.05, 0) is 35.0 Å². The second kappa shape index (κ2) is 6.17. The highest BCUT2D eigenvalue weighted by Crippen LogP contribution is 2.40. The zero-order valence-electron chi connectivity index (χ0n) is 9.29. The fourth-order valence-electron chi connectivity index (χ4n) is 1.43. The van der Waals surface area contributed by atoms with E-state index in [-0.39, 0.29) is 27.5 Å². The number of hydrogen-bond acceptors (Lipinski definition) is 3. The number of carbonyl (C=O) groups is 1. The quantitative estimate of drug-likeness (QED) is 0.682. The number of rotatable bonds is 4. The zero-order chi connectivity index (χ0) is 14.6. The molecule has 0 heterocycles. The largest absolute Gasteiger partial charge is 0.481 e. The molecule has 1 aromatic rings. The first-order chi connectivity index (χ1) is 8.76. The highest BCUT2D eigenvalue weighted by Gasteiger charge is 2.31. The van der Waals surface area contributed by atoms with Crippen LogP contribution in [0.25, 0.3) is 0 Å². The highest BCUT2D eigenvalue weighted by atomic mass is 35.5. The molecule has 1 rings (SSSR count). The number of carboxylic acids is 1. The van der Waals surface area contributed by atoms with Gasteiger partial charge in [-0.15, -0.1) is 11.6 Å². The van der Waals surface area contributed by atoms with Crippen molar-refractivity contribution in [2.24, 2.45) is 0 Å². The van der Waals surface area contributed by atoms with Crippen LogP contribution in [0.15, 0.2) is 17.0 Å². The van der Waals surface area contributed by atoms with Crippen molar-refractivity contribution in [3.63, 3.8) is 0 Å². The van der Waals surface area contributed by atoms with Crippen LogP contribution >= 0.6 is 23.4 Å². The van der Waals surface area contributed by atoms with Crippen molar-refractivity contribution < 1.29 is 23.1 Å². The molecule has 0 aliphatic carbocycles. The van der Waals surface area contributed by atoms with E-state index in [0.29, 0.717) is 0 Å². The van der Waals surface area contributed by atoms with E-state index in [0.717, 1.165) is 6.07 Å². The van der Waals surface area contributed by atoms with E-state index >= 15 is 0 Å². The number of carboxylic acid groups (broad SMARTS) is 1.